The molecule has 2 atom stereocenters. The molecule has 1 aliphatic rings. The van der Waals surface area contributed by atoms with Crippen LogP contribution < -0.4 is 0 Å². The normalized spacial score (nSPS) is 22.4. The Balaban J connectivity index is 2.12. The van der Waals surface area contributed by atoms with Gasteiger partial charge in [-0.05, 0) is 24.1 Å². The summed E-state index contributed by atoms with van der Waals surface area (Å²) >= 11 is 5.88. The second-order valence-electron chi connectivity index (χ2n) is 4.83. The maximum Gasteiger partial charge on any atom is 0.310 e. The van der Waals surface area contributed by atoms with Gasteiger partial charge in [0.25, 0.3) is 5.91 Å². The lowest BCUT2D eigenvalue weighted by Crippen LogP contribution is -2.30. The molecule has 0 N–H and O–H groups in total. The van der Waals surface area contributed by atoms with Crippen molar-refractivity contribution in [3.05, 3.63) is 34.9 Å². The molecule has 5 heteroatoms. The minimum Gasteiger partial charge on any atom is -0.469 e. The van der Waals surface area contributed by atoms with Gasteiger partial charge in [0.05, 0.1) is 13.0 Å². The predicted octanol–water partition coefficient (Wildman–Crippen LogP) is 2.22. The highest BCUT2D eigenvalue weighted by Crippen LogP contribution is 2.26. The first-order chi connectivity index (χ1) is 9.02. The van der Waals surface area contributed by atoms with Crippen LogP contribution in [0.2, 0.25) is 5.02 Å². The van der Waals surface area contributed by atoms with E-state index in [0.717, 1.165) is 0 Å². The zero-order valence-electron chi connectivity index (χ0n) is 10.9. The van der Waals surface area contributed by atoms with Crippen molar-refractivity contribution in [2.24, 2.45) is 11.8 Å². The fourth-order valence-electron chi connectivity index (χ4n) is 2.39. The number of ether oxygens (including phenoxy) is 1. The van der Waals surface area contributed by atoms with Gasteiger partial charge in [-0.15, -0.1) is 0 Å². The summed E-state index contributed by atoms with van der Waals surface area (Å²) in [5.74, 6) is -0.488. The van der Waals surface area contributed by atoms with E-state index in [1.165, 1.54) is 7.11 Å². The first-order valence-electron chi connectivity index (χ1n) is 6.15. The fourth-order valence-corrected chi connectivity index (χ4v) is 2.59. The van der Waals surface area contributed by atoms with Crippen LogP contribution in [-0.4, -0.2) is 37.0 Å². The van der Waals surface area contributed by atoms with E-state index in [9.17, 15) is 9.59 Å². The molecule has 1 saturated heterocycles. The molecule has 0 bridgehead atoms. The third-order valence-electron chi connectivity index (χ3n) is 3.48. The Bertz CT molecular complexity index is 503. The number of rotatable bonds is 2. The number of hydrogen-bond donors (Lipinski definition) is 0. The molecule has 0 aromatic heterocycles. The highest BCUT2D eigenvalue weighted by Gasteiger charge is 2.37. The van der Waals surface area contributed by atoms with Crippen LogP contribution in [-0.2, 0) is 9.53 Å². The van der Waals surface area contributed by atoms with E-state index in [4.69, 9.17) is 16.3 Å². The van der Waals surface area contributed by atoms with Gasteiger partial charge in [0.1, 0.15) is 0 Å². The Kier molecular flexibility index (Phi) is 4.10. The van der Waals surface area contributed by atoms with Crippen molar-refractivity contribution in [2.75, 3.05) is 20.2 Å². The van der Waals surface area contributed by atoms with E-state index in [-0.39, 0.29) is 23.7 Å². The van der Waals surface area contributed by atoms with Crippen LogP contribution in [0.4, 0.5) is 0 Å². The van der Waals surface area contributed by atoms with Crippen molar-refractivity contribution >= 4 is 23.5 Å². The van der Waals surface area contributed by atoms with Gasteiger partial charge in [-0.1, -0.05) is 24.6 Å². The molecular weight excluding hydrogens is 266 g/mol. The molecule has 0 spiro atoms. The van der Waals surface area contributed by atoms with E-state index < -0.39 is 0 Å². The molecule has 1 fully saturated rings. The number of esters is 1. The van der Waals surface area contributed by atoms with Gasteiger partial charge in [0.2, 0.25) is 0 Å². The number of likely N-dealkylation sites (tertiary alicyclic amines) is 1. The van der Waals surface area contributed by atoms with Crippen LogP contribution in [0.5, 0.6) is 0 Å². The summed E-state index contributed by atoms with van der Waals surface area (Å²) < 4.78 is 4.76. The molecular formula is C14H16ClNO3. The lowest BCUT2D eigenvalue weighted by molar-refractivity contribution is -0.146. The third-order valence-corrected chi connectivity index (χ3v) is 3.71. The molecule has 102 valence electrons. The molecule has 0 radical (unpaired) electrons. The van der Waals surface area contributed by atoms with Gasteiger partial charge in [-0.3, -0.25) is 9.59 Å². The zero-order chi connectivity index (χ0) is 14.0. The van der Waals surface area contributed by atoms with E-state index in [2.05, 4.69) is 0 Å². The summed E-state index contributed by atoms with van der Waals surface area (Å²) in [4.78, 5) is 25.6. The largest absolute Gasteiger partial charge is 0.469 e. The Morgan fingerprint density at radius 2 is 2.11 bits per heavy atom. The predicted molar refractivity (Wildman–Crippen MR) is 72.0 cm³/mol. The fraction of sp³-hybridized carbons (Fsp3) is 0.429. The summed E-state index contributed by atoms with van der Waals surface area (Å²) in [5, 5.41) is 0.530. The summed E-state index contributed by atoms with van der Waals surface area (Å²) in [6.45, 7) is 2.91. The first kappa shape index (κ1) is 13.9. The number of methoxy groups -OCH3 is 1. The van der Waals surface area contributed by atoms with Gasteiger partial charge in [-0.25, -0.2) is 0 Å². The molecule has 0 saturated carbocycles. The van der Waals surface area contributed by atoms with E-state index in [1.807, 2.05) is 6.92 Å². The van der Waals surface area contributed by atoms with Crippen molar-refractivity contribution in [2.45, 2.75) is 6.92 Å². The lowest BCUT2D eigenvalue weighted by Gasteiger charge is -2.16. The molecule has 1 amide bonds. The van der Waals surface area contributed by atoms with E-state index >= 15 is 0 Å². The van der Waals surface area contributed by atoms with Crippen LogP contribution in [0.25, 0.3) is 0 Å². The number of carbonyl (C=O) groups excluding carboxylic acids is 2. The maximum absolute atomic E-state index is 12.3. The van der Waals surface area contributed by atoms with Gasteiger partial charge < -0.3 is 9.64 Å². The number of halogens is 1. The molecule has 1 aromatic rings. The maximum atomic E-state index is 12.3. The zero-order valence-corrected chi connectivity index (χ0v) is 11.7. The summed E-state index contributed by atoms with van der Waals surface area (Å²) in [7, 11) is 1.37. The number of benzene rings is 1. The molecule has 0 aliphatic carbocycles. The molecule has 1 heterocycles. The van der Waals surface area contributed by atoms with Gasteiger partial charge in [0.15, 0.2) is 0 Å². The average Bonchev–Trinajstić information content (AvgIpc) is 2.79. The Labute approximate surface area is 117 Å². The molecule has 2 unspecified atom stereocenters. The highest BCUT2D eigenvalue weighted by atomic mass is 35.5. The monoisotopic (exact) mass is 281 g/mol. The number of amides is 1. The Hall–Kier alpha value is -1.55. The van der Waals surface area contributed by atoms with Crippen LogP contribution in [0, 0.1) is 11.8 Å². The number of carbonyl (C=O) groups is 2. The van der Waals surface area contributed by atoms with Gasteiger partial charge in [-0.2, -0.15) is 0 Å². The second-order valence-corrected chi connectivity index (χ2v) is 5.26. The van der Waals surface area contributed by atoms with E-state index in [0.29, 0.717) is 23.7 Å². The topological polar surface area (TPSA) is 46.6 Å². The minimum absolute atomic E-state index is 0.0965. The Morgan fingerprint density at radius 3 is 2.74 bits per heavy atom. The quantitative estimate of drug-likeness (QED) is 0.781. The summed E-state index contributed by atoms with van der Waals surface area (Å²) in [6, 6.07) is 6.83. The molecule has 1 aromatic carbocycles. The second kappa shape index (κ2) is 5.61. The van der Waals surface area contributed by atoms with Crippen LogP contribution in [0.15, 0.2) is 24.3 Å². The minimum atomic E-state index is -0.256. The lowest BCUT2D eigenvalue weighted by atomic mass is 9.99. The molecule has 4 nitrogen and oxygen atoms in total. The highest BCUT2D eigenvalue weighted by molar-refractivity contribution is 6.30. The smallest absolute Gasteiger partial charge is 0.310 e. The van der Waals surface area contributed by atoms with Crippen LogP contribution in [0.3, 0.4) is 0 Å². The number of nitrogens with zero attached hydrogens (tertiary/aromatic N) is 1. The standard InChI is InChI=1S/C14H16ClNO3/c1-9-7-16(8-12(9)14(18)19-2)13(17)10-4-3-5-11(15)6-10/h3-6,9,12H,7-8H2,1-2H3. The molecule has 19 heavy (non-hydrogen) atoms. The summed E-state index contributed by atoms with van der Waals surface area (Å²) in [6.07, 6.45) is 0. The SMILES string of the molecule is COC(=O)C1CN(C(=O)c2cccc(Cl)c2)CC1C. The van der Waals surface area contributed by atoms with Crippen LogP contribution in [0.1, 0.15) is 17.3 Å². The van der Waals surface area contributed by atoms with Crippen molar-refractivity contribution in [1.29, 1.82) is 0 Å². The van der Waals surface area contributed by atoms with Crippen molar-refractivity contribution in [1.82, 2.24) is 4.90 Å². The van der Waals surface area contributed by atoms with Crippen molar-refractivity contribution < 1.29 is 14.3 Å². The third kappa shape index (κ3) is 2.89. The van der Waals surface area contributed by atoms with Crippen molar-refractivity contribution in [3.8, 4) is 0 Å². The Morgan fingerprint density at radius 1 is 1.37 bits per heavy atom. The van der Waals surface area contributed by atoms with Gasteiger partial charge >= 0.3 is 5.97 Å². The summed E-state index contributed by atoms with van der Waals surface area (Å²) in [5.41, 5.74) is 0.546. The molecule has 2 rings (SSSR count). The van der Waals surface area contributed by atoms with Gasteiger partial charge in [0, 0.05) is 23.7 Å². The van der Waals surface area contributed by atoms with E-state index in [1.54, 1.807) is 29.2 Å². The number of hydrogen-bond acceptors (Lipinski definition) is 3. The average molecular weight is 282 g/mol. The molecule has 1 aliphatic heterocycles. The first-order valence-corrected chi connectivity index (χ1v) is 6.53. The van der Waals surface area contributed by atoms with Crippen molar-refractivity contribution in [3.63, 3.8) is 0 Å². The van der Waals surface area contributed by atoms with Crippen LogP contribution >= 0.6 is 11.6 Å².